The van der Waals surface area contributed by atoms with Gasteiger partial charge < -0.3 is 10.2 Å². The number of piperazine rings is 1. The summed E-state index contributed by atoms with van der Waals surface area (Å²) in [7, 11) is 0. The van der Waals surface area contributed by atoms with Crippen LogP contribution >= 0.6 is 0 Å². The van der Waals surface area contributed by atoms with Crippen LogP contribution in [0.5, 0.6) is 0 Å². The van der Waals surface area contributed by atoms with Gasteiger partial charge >= 0.3 is 0 Å². The third kappa shape index (κ3) is 4.67. The van der Waals surface area contributed by atoms with E-state index < -0.39 is 0 Å². The minimum Gasteiger partial charge on any atom is -0.336 e. The number of para-hydroxylation sites is 2. The second-order valence-electron chi connectivity index (χ2n) is 8.43. The van der Waals surface area contributed by atoms with Gasteiger partial charge in [0.1, 0.15) is 0 Å². The van der Waals surface area contributed by atoms with E-state index in [0.717, 1.165) is 30.5 Å². The zero-order chi connectivity index (χ0) is 23.3. The Kier molecular flexibility index (Phi) is 6.31. The van der Waals surface area contributed by atoms with Crippen molar-refractivity contribution in [1.82, 2.24) is 14.8 Å². The number of hydrogen-bond acceptors (Lipinski definition) is 4. The molecule has 1 saturated heterocycles. The Bertz CT molecular complexity index is 1310. The zero-order valence-corrected chi connectivity index (χ0v) is 18.9. The Morgan fingerprint density at radius 3 is 2.35 bits per heavy atom. The first-order valence-corrected chi connectivity index (χ1v) is 11.5. The first kappa shape index (κ1) is 21.8. The van der Waals surface area contributed by atoms with Gasteiger partial charge in [0.2, 0.25) is 0 Å². The molecule has 0 bridgehead atoms. The van der Waals surface area contributed by atoms with Gasteiger partial charge in [-0.2, -0.15) is 0 Å². The van der Waals surface area contributed by atoms with Crippen LogP contribution in [0.4, 0.5) is 5.69 Å². The predicted octanol–water partition coefficient (Wildman–Crippen LogP) is 4.45. The maximum Gasteiger partial charge on any atom is 0.256 e. The molecule has 3 aromatic carbocycles. The lowest BCUT2D eigenvalue weighted by molar-refractivity contribution is 0.0630. The number of anilines is 1. The maximum absolute atomic E-state index is 13.3. The zero-order valence-electron chi connectivity index (χ0n) is 18.9. The summed E-state index contributed by atoms with van der Waals surface area (Å²) in [4.78, 5) is 34.7. The molecule has 2 amide bonds. The molecule has 0 radical (unpaired) electrons. The molecule has 170 valence electrons. The van der Waals surface area contributed by atoms with Crippen LogP contribution in [0.2, 0.25) is 0 Å². The summed E-state index contributed by atoms with van der Waals surface area (Å²) < 4.78 is 0. The molecular formula is C28H26N4O2. The minimum atomic E-state index is -0.227. The summed E-state index contributed by atoms with van der Waals surface area (Å²) in [6, 6.07) is 26.5. The lowest BCUT2D eigenvalue weighted by atomic mass is 10.1. The molecule has 34 heavy (non-hydrogen) atoms. The molecule has 5 rings (SSSR count). The lowest BCUT2D eigenvalue weighted by Gasteiger charge is -2.35. The van der Waals surface area contributed by atoms with Gasteiger partial charge in [-0.05, 0) is 35.9 Å². The van der Waals surface area contributed by atoms with Crippen LogP contribution in [0.25, 0.3) is 10.9 Å². The van der Waals surface area contributed by atoms with E-state index in [9.17, 15) is 9.59 Å². The molecule has 1 aliphatic heterocycles. The first-order valence-electron chi connectivity index (χ1n) is 11.5. The number of nitrogens with zero attached hydrogens (tertiary/aromatic N) is 3. The summed E-state index contributed by atoms with van der Waals surface area (Å²) in [5.41, 5.74) is 3.84. The van der Waals surface area contributed by atoms with Crippen LogP contribution in [-0.4, -0.2) is 52.8 Å². The number of pyridine rings is 1. The van der Waals surface area contributed by atoms with Gasteiger partial charge in [0.05, 0.1) is 16.8 Å². The second-order valence-corrected chi connectivity index (χ2v) is 8.43. The van der Waals surface area contributed by atoms with Crippen molar-refractivity contribution in [3.05, 3.63) is 108 Å². The normalized spacial score (nSPS) is 14.2. The molecule has 0 spiro atoms. The monoisotopic (exact) mass is 450 g/mol. The third-order valence-corrected chi connectivity index (χ3v) is 6.21. The molecule has 0 saturated carbocycles. The van der Waals surface area contributed by atoms with Crippen molar-refractivity contribution in [2.75, 3.05) is 31.5 Å². The van der Waals surface area contributed by atoms with Crippen molar-refractivity contribution in [3.8, 4) is 0 Å². The SMILES string of the molecule is O=C(Nc1ccccc1C(=O)N1CCN(Cc2cccc3cccnc23)CC1)c1ccccc1. The molecule has 1 fully saturated rings. The molecule has 0 atom stereocenters. The number of fused-ring (bicyclic) bond motifs is 1. The third-order valence-electron chi connectivity index (χ3n) is 6.21. The smallest absolute Gasteiger partial charge is 0.256 e. The highest BCUT2D eigenvalue weighted by Crippen LogP contribution is 2.21. The van der Waals surface area contributed by atoms with Crippen molar-refractivity contribution in [2.45, 2.75) is 6.54 Å². The Hall–Kier alpha value is -4.03. The highest BCUT2D eigenvalue weighted by Gasteiger charge is 2.24. The maximum atomic E-state index is 13.3. The van der Waals surface area contributed by atoms with Crippen molar-refractivity contribution in [2.24, 2.45) is 0 Å². The van der Waals surface area contributed by atoms with Crippen molar-refractivity contribution >= 4 is 28.4 Å². The van der Waals surface area contributed by atoms with E-state index in [-0.39, 0.29) is 11.8 Å². The fourth-order valence-corrected chi connectivity index (χ4v) is 4.38. The fraction of sp³-hybridized carbons (Fsp3) is 0.179. The van der Waals surface area contributed by atoms with E-state index in [1.165, 1.54) is 5.56 Å². The van der Waals surface area contributed by atoms with E-state index in [4.69, 9.17) is 0 Å². The Morgan fingerprint density at radius 2 is 1.53 bits per heavy atom. The summed E-state index contributed by atoms with van der Waals surface area (Å²) in [5, 5.41) is 4.04. The van der Waals surface area contributed by atoms with Crippen molar-refractivity contribution in [1.29, 1.82) is 0 Å². The van der Waals surface area contributed by atoms with E-state index >= 15 is 0 Å². The molecule has 0 unspecified atom stereocenters. The first-order chi connectivity index (χ1) is 16.7. The number of carbonyl (C=O) groups is 2. The highest BCUT2D eigenvalue weighted by molar-refractivity contribution is 6.09. The van der Waals surface area contributed by atoms with Gasteiger partial charge in [0.15, 0.2) is 0 Å². The van der Waals surface area contributed by atoms with Gasteiger partial charge in [-0.25, -0.2) is 0 Å². The van der Waals surface area contributed by atoms with E-state index in [1.54, 1.807) is 24.3 Å². The fourth-order valence-electron chi connectivity index (χ4n) is 4.38. The van der Waals surface area contributed by atoms with Crippen molar-refractivity contribution < 1.29 is 9.59 Å². The van der Waals surface area contributed by atoms with Gasteiger partial charge in [0, 0.05) is 49.9 Å². The molecule has 6 nitrogen and oxygen atoms in total. The number of benzene rings is 3. The van der Waals surface area contributed by atoms with Gasteiger partial charge in [-0.15, -0.1) is 0 Å². The van der Waals surface area contributed by atoms with Crippen LogP contribution in [0.15, 0.2) is 91.1 Å². The standard InChI is InChI=1S/C28H26N4O2/c33-27(22-8-2-1-3-9-22)30-25-14-5-4-13-24(25)28(34)32-18-16-31(17-19-32)20-23-11-6-10-21-12-7-15-29-26(21)23/h1-15H,16-20H2,(H,30,33). The second kappa shape index (κ2) is 9.85. The molecule has 4 aromatic rings. The largest absolute Gasteiger partial charge is 0.336 e. The molecule has 1 N–H and O–H groups in total. The summed E-state index contributed by atoms with van der Waals surface area (Å²) in [5.74, 6) is -0.287. The molecule has 0 aliphatic carbocycles. The minimum absolute atomic E-state index is 0.0598. The van der Waals surface area contributed by atoms with Gasteiger partial charge in [-0.1, -0.05) is 54.6 Å². The summed E-state index contributed by atoms with van der Waals surface area (Å²) in [6.45, 7) is 3.65. The summed E-state index contributed by atoms with van der Waals surface area (Å²) >= 11 is 0. The number of aromatic nitrogens is 1. The van der Waals surface area contributed by atoms with Crippen LogP contribution in [-0.2, 0) is 6.54 Å². The molecule has 1 aliphatic rings. The average molecular weight is 451 g/mol. The Balaban J connectivity index is 1.24. The number of carbonyl (C=O) groups excluding carboxylic acids is 2. The topological polar surface area (TPSA) is 65.5 Å². The van der Waals surface area contributed by atoms with E-state index in [0.29, 0.717) is 29.9 Å². The van der Waals surface area contributed by atoms with E-state index in [2.05, 4.69) is 39.5 Å². The molecule has 1 aromatic heterocycles. The average Bonchev–Trinajstić information content (AvgIpc) is 2.90. The number of nitrogens with one attached hydrogen (secondary N) is 1. The summed E-state index contributed by atoms with van der Waals surface area (Å²) in [6.07, 6.45) is 1.83. The van der Waals surface area contributed by atoms with E-state index in [1.807, 2.05) is 47.5 Å². The quantitative estimate of drug-likeness (QED) is 0.488. The van der Waals surface area contributed by atoms with Crippen molar-refractivity contribution in [3.63, 3.8) is 0 Å². The Labute approximate surface area is 198 Å². The lowest BCUT2D eigenvalue weighted by Crippen LogP contribution is -2.48. The van der Waals surface area contributed by atoms with Gasteiger partial charge in [0.25, 0.3) is 11.8 Å². The van der Waals surface area contributed by atoms with Crippen LogP contribution < -0.4 is 5.32 Å². The highest BCUT2D eigenvalue weighted by atomic mass is 16.2. The molecule has 2 heterocycles. The number of rotatable bonds is 5. The molecular weight excluding hydrogens is 424 g/mol. The number of hydrogen-bond donors (Lipinski definition) is 1. The van der Waals surface area contributed by atoms with Gasteiger partial charge in [-0.3, -0.25) is 19.5 Å². The predicted molar refractivity (Wildman–Crippen MR) is 134 cm³/mol. The van der Waals surface area contributed by atoms with Crippen LogP contribution in [0, 0.1) is 0 Å². The number of amides is 2. The van der Waals surface area contributed by atoms with Crippen LogP contribution in [0.1, 0.15) is 26.3 Å². The van der Waals surface area contributed by atoms with Crippen LogP contribution in [0.3, 0.4) is 0 Å². The Morgan fingerprint density at radius 1 is 0.794 bits per heavy atom. The molecule has 6 heteroatoms.